The largest absolute Gasteiger partial charge is 0.335 e. The third kappa shape index (κ3) is 3.93. The molecule has 1 saturated heterocycles. The number of amides is 4. The van der Waals surface area contributed by atoms with Gasteiger partial charge in [-0.15, -0.1) is 0 Å². The Morgan fingerprint density at radius 2 is 1.51 bits per heavy atom. The van der Waals surface area contributed by atoms with Crippen molar-refractivity contribution in [2.75, 3.05) is 4.90 Å². The fourth-order valence-corrected chi connectivity index (χ4v) is 4.58. The van der Waals surface area contributed by atoms with Gasteiger partial charge in [-0.2, -0.15) is 0 Å². The molecule has 0 aliphatic carbocycles. The first-order valence-electron chi connectivity index (χ1n) is 11.6. The van der Waals surface area contributed by atoms with Crippen LogP contribution in [0.1, 0.15) is 29.4 Å². The number of aromatic nitrogens is 1. The summed E-state index contributed by atoms with van der Waals surface area (Å²) in [6.07, 6.45) is 2.41. The maximum Gasteiger partial charge on any atom is 0.335 e. The minimum atomic E-state index is -0.747. The van der Waals surface area contributed by atoms with Gasteiger partial charge in [-0.1, -0.05) is 49.4 Å². The molecule has 0 saturated carbocycles. The number of rotatable bonds is 4. The third-order valence-electron chi connectivity index (χ3n) is 6.47. The monoisotopic (exact) mass is 463 g/mol. The van der Waals surface area contributed by atoms with E-state index >= 15 is 0 Å². The lowest BCUT2D eigenvalue weighted by atomic mass is 10.1. The lowest BCUT2D eigenvalue weighted by molar-refractivity contribution is -0.122. The number of hydrogen-bond acceptors (Lipinski definition) is 3. The molecule has 1 fully saturated rings. The van der Waals surface area contributed by atoms with Crippen molar-refractivity contribution in [2.45, 2.75) is 27.2 Å². The number of imide groups is 2. The highest BCUT2D eigenvalue weighted by atomic mass is 16.2. The molecule has 1 N–H and O–H groups in total. The van der Waals surface area contributed by atoms with Gasteiger partial charge in [0, 0.05) is 17.1 Å². The molecule has 1 aliphatic rings. The maximum atomic E-state index is 13.3. The number of hydrogen-bond donors (Lipinski definition) is 1. The smallest absolute Gasteiger partial charge is 0.318 e. The van der Waals surface area contributed by atoms with E-state index in [1.165, 1.54) is 0 Å². The molecule has 0 unspecified atom stereocenters. The van der Waals surface area contributed by atoms with Gasteiger partial charge in [0.25, 0.3) is 11.8 Å². The van der Waals surface area contributed by atoms with Gasteiger partial charge in [-0.25, -0.2) is 9.69 Å². The molecule has 0 atom stereocenters. The Kier molecular flexibility index (Phi) is 5.57. The normalized spacial score (nSPS) is 15.2. The Hall–Kier alpha value is -4.45. The number of aryl methyl sites for hydroxylation is 2. The zero-order valence-electron chi connectivity index (χ0n) is 19.8. The quantitative estimate of drug-likeness (QED) is 0.322. The molecule has 3 aromatic carbocycles. The van der Waals surface area contributed by atoms with Crippen molar-refractivity contribution in [1.82, 2.24) is 9.88 Å². The molecule has 6 heteroatoms. The first-order chi connectivity index (χ1) is 16.9. The minimum Gasteiger partial charge on any atom is -0.318 e. The fraction of sp³-hybridized carbons (Fsp3) is 0.138. The number of barbiturate groups is 1. The van der Waals surface area contributed by atoms with E-state index in [4.69, 9.17) is 0 Å². The van der Waals surface area contributed by atoms with Gasteiger partial charge in [-0.05, 0) is 78.6 Å². The Morgan fingerprint density at radius 3 is 2.23 bits per heavy atom. The zero-order valence-corrected chi connectivity index (χ0v) is 19.8. The molecule has 0 radical (unpaired) electrons. The van der Waals surface area contributed by atoms with Crippen LogP contribution in [0.4, 0.5) is 10.5 Å². The van der Waals surface area contributed by atoms with E-state index in [-0.39, 0.29) is 5.57 Å². The highest BCUT2D eigenvalue weighted by Crippen LogP contribution is 2.27. The molecule has 1 aliphatic heterocycles. The van der Waals surface area contributed by atoms with Crippen LogP contribution in [0, 0.1) is 13.8 Å². The topological polar surface area (TPSA) is 71.4 Å². The summed E-state index contributed by atoms with van der Waals surface area (Å²) in [4.78, 5) is 39.5. The van der Waals surface area contributed by atoms with Crippen LogP contribution in [0.2, 0.25) is 0 Å². The number of nitrogens with one attached hydrogen (secondary N) is 1. The van der Waals surface area contributed by atoms with Gasteiger partial charge in [0.2, 0.25) is 0 Å². The van der Waals surface area contributed by atoms with Crippen LogP contribution in [0.15, 0.2) is 78.4 Å². The molecule has 0 spiro atoms. The molecule has 1 aromatic heterocycles. The molecule has 5 rings (SSSR count). The molecule has 0 bridgehead atoms. The molecule has 2 heterocycles. The number of nitrogens with zero attached hydrogens (tertiary/aromatic N) is 2. The number of urea groups is 1. The Morgan fingerprint density at radius 1 is 0.829 bits per heavy atom. The van der Waals surface area contributed by atoms with E-state index in [1.54, 1.807) is 18.2 Å². The Labute approximate surface area is 203 Å². The first-order valence-corrected chi connectivity index (χ1v) is 11.6. The zero-order chi connectivity index (χ0) is 24.7. The molecule has 174 valence electrons. The van der Waals surface area contributed by atoms with E-state index < -0.39 is 17.8 Å². The predicted octanol–water partition coefficient (Wildman–Crippen LogP) is 5.48. The summed E-state index contributed by atoms with van der Waals surface area (Å²) in [6, 6.07) is 22.8. The lowest BCUT2D eigenvalue weighted by Crippen LogP contribution is -2.54. The van der Waals surface area contributed by atoms with Crippen LogP contribution in [0.5, 0.6) is 0 Å². The lowest BCUT2D eigenvalue weighted by Gasteiger charge is -2.26. The predicted molar refractivity (Wildman–Crippen MR) is 138 cm³/mol. The van der Waals surface area contributed by atoms with E-state index in [9.17, 15) is 14.4 Å². The van der Waals surface area contributed by atoms with Crippen LogP contribution < -0.4 is 10.2 Å². The van der Waals surface area contributed by atoms with Gasteiger partial charge in [0.15, 0.2) is 0 Å². The van der Waals surface area contributed by atoms with Crippen molar-refractivity contribution in [3.8, 4) is 5.69 Å². The summed E-state index contributed by atoms with van der Waals surface area (Å²) < 4.78 is 2.09. The van der Waals surface area contributed by atoms with Crippen LogP contribution in [0.25, 0.3) is 22.5 Å². The molecule has 4 amide bonds. The minimum absolute atomic E-state index is 0.0806. The summed E-state index contributed by atoms with van der Waals surface area (Å²) in [5.41, 5.74) is 5.03. The SMILES string of the molecule is CCc1ccc(N2C(=O)NC(=O)C(=Cc3cc(C)n(-c4ccc5ccccc5c4)c3C)C2=O)cc1. The fourth-order valence-electron chi connectivity index (χ4n) is 4.58. The van der Waals surface area contributed by atoms with Crippen molar-refractivity contribution in [3.63, 3.8) is 0 Å². The van der Waals surface area contributed by atoms with E-state index in [1.807, 2.05) is 51.1 Å². The number of carbonyl (C=O) groups excluding carboxylic acids is 3. The van der Waals surface area contributed by atoms with E-state index in [2.05, 4.69) is 40.2 Å². The van der Waals surface area contributed by atoms with Gasteiger partial charge >= 0.3 is 6.03 Å². The van der Waals surface area contributed by atoms with Crippen LogP contribution in [-0.2, 0) is 16.0 Å². The molecular formula is C29H25N3O3. The third-order valence-corrected chi connectivity index (χ3v) is 6.47. The second-order valence-electron chi connectivity index (χ2n) is 8.67. The summed E-state index contributed by atoms with van der Waals surface area (Å²) in [5.74, 6) is -1.34. The highest BCUT2D eigenvalue weighted by molar-refractivity contribution is 6.39. The van der Waals surface area contributed by atoms with Crippen LogP contribution >= 0.6 is 0 Å². The number of fused-ring (bicyclic) bond motifs is 1. The molecule has 6 nitrogen and oxygen atoms in total. The van der Waals surface area contributed by atoms with Gasteiger partial charge in [0.05, 0.1) is 5.69 Å². The highest BCUT2D eigenvalue weighted by Gasteiger charge is 2.37. The average molecular weight is 464 g/mol. The summed E-state index contributed by atoms with van der Waals surface area (Å²) in [7, 11) is 0. The average Bonchev–Trinajstić information content (AvgIpc) is 3.14. The van der Waals surface area contributed by atoms with Crippen molar-refractivity contribution in [2.24, 2.45) is 0 Å². The second kappa shape index (κ2) is 8.72. The second-order valence-corrected chi connectivity index (χ2v) is 8.67. The molecule has 4 aromatic rings. The standard InChI is InChI=1S/C29H25N3O3/c1-4-20-9-12-24(13-10-20)32-28(34)26(27(33)30-29(32)35)17-23-15-18(2)31(19(23)3)25-14-11-21-7-5-6-8-22(21)16-25/h5-17H,4H2,1-3H3,(H,30,33,35). The van der Waals surface area contributed by atoms with Gasteiger partial charge in [0.1, 0.15) is 5.57 Å². The van der Waals surface area contributed by atoms with Gasteiger partial charge < -0.3 is 4.57 Å². The van der Waals surface area contributed by atoms with E-state index in [0.29, 0.717) is 5.69 Å². The maximum absolute atomic E-state index is 13.3. The summed E-state index contributed by atoms with van der Waals surface area (Å²) in [6.45, 7) is 5.96. The van der Waals surface area contributed by atoms with Gasteiger partial charge in [-0.3, -0.25) is 14.9 Å². The number of benzene rings is 3. The van der Waals surface area contributed by atoms with Crippen LogP contribution in [-0.4, -0.2) is 22.4 Å². The number of anilines is 1. The van der Waals surface area contributed by atoms with Crippen LogP contribution in [0.3, 0.4) is 0 Å². The van der Waals surface area contributed by atoms with Crippen molar-refractivity contribution in [1.29, 1.82) is 0 Å². The van der Waals surface area contributed by atoms with E-state index in [0.717, 1.165) is 50.3 Å². The molecule has 35 heavy (non-hydrogen) atoms. The van der Waals surface area contributed by atoms with Crippen molar-refractivity contribution < 1.29 is 14.4 Å². The summed E-state index contributed by atoms with van der Waals surface area (Å²) in [5, 5.41) is 4.58. The first kappa shape index (κ1) is 22.3. The van der Waals surface area contributed by atoms with Crippen molar-refractivity contribution in [3.05, 3.63) is 101 Å². The number of carbonyl (C=O) groups is 3. The van der Waals surface area contributed by atoms with Crippen molar-refractivity contribution >= 4 is 40.4 Å². The Bertz CT molecular complexity index is 1530. The summed E-state index contributed by atoms with van der Waals surface area (Å²) >= 11 is 0. The molecular weight excluding hydrogens is 438 g/mol. The Balaban J connectivity index is 1.54.